The molecule has 0 atom stereocenters. The fourth-order valence-electron chi connectivity index (χ4n) is 3.46. The van der Waals surface area contributed by atoms with Crippen LogP contribution in [0.25, 0.3) is 0 Å². The van der Waals surface area contributed by atoms with Crippen LogP contribution < -0.4 is 10.6 Å². The monoisotopic (exact) mass is 324 g/mol. The number of rotatable bonds is 5. The maximum absolute atomic E-state index is 4.58. The summed E-state index contributed by atoms with van der Waals surface area (Å²) in [6, 6.07) is 9.03. The van der Waals surface area contributed by atoms with E-state index in [-0.39, 0.29) is 0 Å². The molecule has 24 heavy (non-hydrogen) atoms. The van der Waals surface area contributed by atoms with E-state index in [9.17, 15) is 0 Å². The molecule has 1 saturated carbocycles. The molecule has 4 heteroatoms. The van der Waals surface area contributed by atoms with Crippen molar-refractivity contribution in [3.05, 3.63) is 41.2 Å². The van der Waals surface area contributed by atoms with Gasteiger partial charge in [-0.15, -0.1) is 0 Å². The zero-order valence-electron chi connectivity index (χ0n) is 15.2. The average Bonchev–Trinajstić information content (AvgIpc) is 3.01. The zero-order valence-corrected chi connectivity index (χ0v) is 15.2. The predicted molar refractivity (Wildman–Crippen MR) is 101 cm³/mol. The molecule has 1 aromatic heterocycles. The second-order valence-corrected chi connectivity index (χ2v) is 7.13. The molecule has 0 unspecified atom stereocenters. The summed E-state index contributed by atoms with van der Waals surface area (Å²) < 4.78 is 0. The number of aryl methyl sites for hydroxylation is 2. The van der Waals surface area contributed by atoms with Gasteiger partial charge < -0.3 is 10.6 Å². The average molecular weight is 324 g/mol. The lowest BCUT2D eigenvalue weighted by molar-refractivity contribution is 0.748. The molecule has 2 N–H and O–H groups in total. The highest BCUT2D eigenvalue weighted by atomic mass is 15.1. The summed E-state index contributed by atoms with van der Waals surface area (Å²) in [6.45, 7) is 8.53. The van der Waals surface area contributed by atoms with Crippen LogP contribution in [0.15, 0.2) is 24.3 Å². The van der Waals surface area contributed by atoms with E-state index in [1.807, 2.05) is 13.0 Å². The van der Waals surface area contributed by atoms with Gasteiger partial charge in [0.1, 0.15) is 17.5 Å². The standard InChI is InChI=1S/C20H28N4/c1-13(2)17-11-7-8-14(3)20(17)24-19-12-18(21-15(4)22-19)23-16-9-5-6-10-16/h7-8,11-13,16H,5-6,9-10H2,1-4H3,(H2,21,22,23,24). The van der Waals surface area contributed by atoms with Crippen molar-refractivity contribution >= 4 is 17.3 Å². The fraction of sp³-hybridized carbons (Fsp3) is 0.500. The lowest BCUT2D eigenvalue weighted by Crippen LogP contribution is -2.16. The summed E-state index contributed by atoms with van der Waals surface area (Å²) in [7, 11) is 0. The van der Waals surface area contributed by atoms with E-state index in [1.54, 1.807) is 0 Å². The number of para-hydroxylation sites is 1. The van der Waals surface area contributed by atoms with Crippen molar-refractivity contribution in [1.82, 2.24) is 9.97 Å². The Balaban J connectivity index is 1.86. The molecule has 3 rings (SSSR count). The number of anilines is 3. The molecule has 1 heterocycles. The van der Waals surface area contributed by atoms with Gasteiger partial charge in [-0.1, -0.05) is 44.9 Å². The Kier molecular flexibility index (Phi) is 5.03. The van der Waals surface area contributed by atoms with Crippen molar-refractivity contribution < 1.29 is 0 Å². The fourth-order valence-corrected chi connectivity index (χ4v) is 3.46. The Morgan fingerprint density at radius 3 is 2.46 bits per heavy atom. The molecule has 0 bridgehead atoms. The van der Waals surface area contributed by atoms with Crippen LogP contribution in [0, 0.1) is 13.8 Å². The minimum atomic E-state index is 0.464. The third kappa shape index (κ3) is 3.86. The van der Waals surface area contributed by atoms with Crippen LogP contribution in [0.2, 0.25) is 0 Å². The molecule has 0 spiro atoms. The van der Waals surface area contributed by atoms with Gasteiger partial charge in [-0.2, -0.15) is 0 Å². The Labute approximate surface area is 145 Å². The van der Waals surface area contributed by atoms with Crippen LogP contribution >= 0.6 is 0 Å². The van der Waals surface area contributed by atoms with E-state index in [0.717, 1.165) is 23.1 Å². The largest absolute Gasteiger partial charge is 0.367 e. The Morgan fingerprint density at radius 2 is 1.75 bits per heavy atom. The highest BCUT2D eigenvalue weighted by molar-refractivity contribution is 5.67. The summed E-state index contributed by atoms with van der Waals surface area (Å²) in [6.07, 6.45) is 5.10. The van der Waals surface area contributed by atoms with Gasteiger partial charge >= 0.3 is 0 Å². The number of aromatic nitrogens is 2. The van der Waals surface area contributed by atoms with Crippen LogP contribution in [0.4, 0.5) is 17.3 Å². The van der Waals surface area contributed by atoms with E-state index in [4.69, 9.17) is 0 Å². The van der Waals surface area contributed by atoms with Crippen molar-refractivity contribution in [3.8, 4) is 0 Å². The summed E-state index contributed by atoms with van der Waals surface area (Å²) in [5.74, 6) is 3.04. The lowest BCUT2D eigenvalue weighted by Gasteiger charge is -2.18. The molecule has 0 aliphatic heterocycles. The third-order valence-corrected chi connectivity index (χ3v) is 4.73. The number of hydrogen-bond acceptors (Lipinski definition) is 4. The summed E-state index contributed by atoms with van der Waals surface area (Å²) in [4.78, 5) is 9.14. The Morgan fingerprint density at radius 1 is 1.04 bits per heavy atom. The highest BCUT2D eigenvalue weighted by Crippen LogP contribution is 2.30. The SMILES string of the molecule is Cc1nc(Nc2c(C)cccc2C(C)C)cc(NC2CCCC2)n1. The number of nitrogens with zero attached hydrogens (tertiary/aromatic N) is 2. The smallest absolute Gasteiger partial charge is 0.136 e. The summed E-state index contributed by atoms with van der Waals surface area (Å²) >= 11 is 0. The van der Waals surface area contributed by atoms with Crippen molar-refractivity contribution in [2.45, 2.75) is 65.3 Å². The number of benzene rings is 1. The first-order valence-corrected chi connectivity index (χ1v) is 9.01. The van der Waals surface area contributed by atoms with Gasteiger partial charge in [0.15, 0.2) is 0 Å². The zero-order chi connectivity index (χ0) is 17.1. The van der Waals surface area contributed by atoms with Gasteiger partial charge in [0.2, 0.25) is 0 Å². The minimum Gasteiger partial charge on any atom is -0.367 e. The van der Waals surface area contributed by atoms with Crippen LogP contribution in [0.1, 0.15) is 62.4 Å². The number of hydrogen-bond donors (Lipinski definition) is 2. The molecule has 2 aromatic rings. The maximum atomic E-state index is 4.58. The minimum absolute atomic E-state index is 0.464. The summed E-state index contributed by atoms with van der Waals surface area (Å²) in [5, 5.41) is 7.11. The van der Waals surface area contributed by atoms with Gasteiger partial charge in [0.25, 0.3) is 0 Å². The number of nitrogens with one attached hydrogen (secondary N) is 2. The molecular formula is C20H28N4. The van der Waals surface area contributed by atoms with Gasteiger partial charge in [0.05, 0.1) is 0 Å². The van der Waals surface area contributed by atoms with E-state index in [2.05, 4.69) is 59.6 Å². The molecule has 128 valence electrons. The van der Waals surface area contributed by atoms with Crippen molar-refractivity contribution in [2.75, 3.05) is 10.6 Å². The van der Waals surface area contributed by atoms with Crippen LogP contribution in [0.3, 0.4) is 0 Å². The Bertz CT molecular complexity index is 703. The molecule has 1 aliphatic carbocycles. The molecule has 0 amide bonds. The second kappa shape index (κ2) is 7.20. The van der Waals surface area contributed by atoms with Gasteiger partial charge in [-0.05, 0) is 43.7 Å². The van der Waals surface area contributed by atoms with E-state index < -0.39 is 0 Å². The molecule has 4 nitrogen and oxygen atoms in total. The predicted octanol–water partition coefficient (Wildman–Crippen LogP) is 5.31. The van der Waals surface area contributed by atoms with Crippen LogP contribution in [0.5, 0.6) is 0 Å². The Hall–Kier alpha value is -2.10. The second-order valence-electron chi connectivity index (χ2n) is 7.13. The van der Waals surface area contributed by atoms with Crippen molar-refractivity contribution in [1.29, 1.82) is 0 Å². The van der Waals surface area contributed by atoms with Crippen LogP contribution in [-0.4, -0.2) is 16.0 Å². The van der Waals surface area contributed by atoms with Gasteiger partial charge in [-0.3, -0.25) is 0 Å². The molecular weight excluding hydrogens is 296 g/mol. The van der Waals surface area contributed by atoms with Crippen molar-refractivity contribution in [2.24, 2.45) is 0 Å². The van der Waals surface area contributed by atoms with E-state index in [1.165, 1.54) is 36.8 Å². The third-order valence-electron chi connectivity index (χ3n) is 4.73. The highest BCUT2D eigenvalue weighted by Gasteiger charge is 2.16. The topological polar surface area (TPSA) is 49.8 Å². The first kappa shape index (κ1) is 16.7. The molecule has 1 aromatic carbocycles. The molecule has 1 aliphatic rings. The first-order chi connectivity index (χ1) is 11.5. The van der Waals surface area contributed by atoms with Gasteiger partial charge in [-0.25, -0.2) is 9.97 Å². The molecule has 0 saturated heterocycles. The maximum Gasteiger partial charge on any atom is 0.136 e. The first-order valence-electron chi connectivity index (χ1n) is 9.01. The quantitative estimate of drug-likeness (QED) is 0.782. The normalized spacial score (nSPS) is 15.0. The van der Waals surface area contributed by atoms with Gasteiger partial charge in [0, 0.05) is 17.8 Å². The van der Waals surface area contributed by atoms with E-state index >= 15 is 0 Å². The van der Waals surface area contributed by atoms with E-state index in [0.29, 0.717) is 12.0 Å². The lowest BCUT2D eigenvalue weighted by atomic mass is 9.98. The van der Waals surface area contributed by atoms with Crippen molar-refractivity contribution in [3.63, 3.8) is 0 Å². The molecule has 0 radical (unpaired) electrons. The van der Waals surface area contributed by atoms with Crippen LogP contribution in [-0.2, 0) is 0 Å². The molecule has 1 fully saturated rings. The summed E-state index contributed by atoms with van der Waals surface area (Å²) in [5.41, 5.74) is 3.72.